The van der Waals surface area contributed by atoms with E-state index in [0.29, 0.717) is 23.7 Å². The molecule has 3 rings (SSSR count). The van der Waals surface area contributed by atoms with E-state index >= 15 is 0 Å². The molecule has 2 aromatic heterocycles. The Morgan fingerprint density at radius 2 is 2.00 bits per heavy atom. The van der Waals surface area contributed by atoms with Crippen LogP contribution in [0, 0.1) is 0 Å². The van der Waals surface area contributed by atoms with E-state index in [-0.39, 0.29) is 0 Å². The molecular formula is C14H16N2O2S. The molecule has 0 bridgehead atoms. The number of hydrogen-bond acceptors (Lipinski definition) is 5. The summed E-state index contributed by atoms with van der Waals surface area (Å²) < 4.78 is 10.4. The Kier molecular flexibility index (Phi) is 3.38. The molecule has 2 atom stereocenters. The highest BCUT2D eigenvalue weighted by Crippen LogP contribution is 2.49. The second-order valence-electron chi connectivity index (χ2n) is 4.67. The average Bonchev–Trinajstić information content (AvgIpc) is 2.90. The van der Waals surface area contributed by atoms with Gasteiger partial charge in [0.05, 0.1) is 19.9 Å². The van der Waals surface area contributed by atoms with Crippen LogP contribution in [0.1, 0.15) is 35.9 Å². The molecule has 19 heavy (non-hydrogen) atoms. The summed E-state index contributed by atoms with van der Waals surface area (Å²) in [4.78, 5) is 8.62. The van der Waals surface area contributed by atoms with E-state index in [1.807, 2.05) is 6.07 Å². The third kappa shape index (κ3) is 2.30. The Bertz CT molecular complexity index is 534. The van der Waals surface area contributed by atoms with Crippen molar-refractivity contribution in [3.63, 3.8) is 0 Å². The smallest absolute Gasteiger partial charge is 0.319 e. The van der Waals surface area contributed by atoms with Gasteiger partial charge in [0.1, 0.15) is 0 Å². The van der Waals surface area contributed by atoms with Gasteiger partial charge in [0.2, 0.25) is 5.88 Å². The van der Waals surface area contributed by atoms with Crippen LogP contribution in [0.15, 0.2) is 22.9 Å². The van der Waals surface area contributed by atoms with Gasteiger partial charge in [0, 0.05) is 12.0 Å². The lowest BCUT2D eigenvalue weighted by Crippen LogP contribution is -2.22. The highest BCUT2D eigenvalue weighted by molar-refractivity contribution is 7.08. The number of nitrogens with zero attached hydrogens (tertiary/aromatic N) is 2. The minimum atomic E-state index is 0.380. The molecule has 100 valence electrons. The summed E-state index contributed by atoms with van der Waals surface area (Å²) in [6, 6.07) is 4.51. The molecule has 0 saturated heterocycles. The van der Waals surface area contributed by atoms with E-state index < -0.39 is 0 Å². The summed E-state index contributed by atoms with van der Waals surface area (Å²) in [5.74, 6) is 1.58. The fourth-order valence-electron chi connectivity index (χ4n) is 2.55. The maximum absolute atomic E-state index is 5.21. The summed E-state index contributed by atoms with van der Waals surface area (Å²) in [6.07, 6.45) is 2.37. The lowest BCUT2D eigenvalue weighted by Gasteiger charge is -2.36. The first-order chi connectivity index (χ1) is 9.31. The lowest BCUT2D eigenvalue weighted by molar-refractivity contribution is 0.318. The molecule has 0 N–H and O–H groups in total. The van der Waals surface area contributed by atoms with Gasteiger partial charge in [0.25, 0.3) is 0 Å². The second-order valence-corrected chi connectivity index (χ2v) is 5.45. The molecule has 1 fully saturated rings. The van der Waals surface area contributed by atoms with Gasteiger partial charge in [-0.15, -0.1) is 0 Å². The van der Waals surface area contributed by atoms with E-state index in [1.54, 1.807) is 25.6 Å². The van der Waals surface area contributed by atoms with Crippen molar-refractivity contribution in [1.82, 2.24) is 9.97 Å². The van der Waals surface area contributed by atoms with Gasteiger partial charge in [-0.3, -0.25) is 0 Å². The number of thiophene rings is 1. The van der Waals surface area contributed by atoms with Crippen LogP contribution < -0.4 is 9.47 Å². The molecule has 1 unspecified atom stereocenters. The molecule has 0 aromatic carbocycles. The molecule has 1 aliphatic rings. The van der Waals surface area contributed by atoms with Crippen LogP contribution in [0.4, 0.5) is 0 Å². The maximum atomic E-state index is 5.21. The standard InChI is InChI=1S/C14H16N2O2S/c1-17-13-7-12(15-14(16-13)18-2)11-4-3-10(11)9-5-6-19-8-9/h5-8,10-11H,3-4H2,1-2H3/t10?,11-/m0/s1. The molecule has 4 nitrogen and oxygen atoms in total. The fraction of sp³-hybridized carbons (Fsp3) is 0.429. The van der Waals surface area contributed by atoms with Crippen LogP contribution in [-0.2, 0) is 0 Å². The van der Waals surface area contributed by atoms with Crippen LogP contribution in [0.5, 0.6) is 11.9 Å². The monoisotopic (exact) mass is 276 g/mol. The van der Waals surface area contributed by atoms with Gasteiger partial charge < -0.3 is 9.47 Å². The molecule has 1 aliphatic carbocycles. The van der Waals surface area contributed by atoms with Gasteiger partial charge in [-0.25, -0.2) is 0 Å². The predicted molar refractivity (Wildman–Crippen MR) is 74.2 cm³/mol. The molecule has 5 heteroatoms. The number of hydrogen-bond donors (Lipinski definition) is 0. The van der Waals surface area contributed by atoms with E-state index in [4.69, 9.17) is 9.47 Å². The molecule has 2 heterocycles. The number of rotatable bonds is 4. The Morgan fingerprint density at radius 3 is 2.58 bits per heavy atom. The average molecular weight is 276 g/mol. The normalized spacial score (nSPS) is 21.8. The minimum Gasteiger partial charge on any atom is -0.481 e. The van der Waals surface area contributed by atoms with Gasteiger partial charge in [-0.1, -0.05) is 0 Å². The summed E-state index contributed by atoms with van der Waals surface area (Å²) in [5.41, 5.74) is 2.43. The zero-order valence-corrected chi connectivity index (χ0v) is 11.8. The summed E-state index contributed by atoms with van der Waals surface area (Å²) in [6.45, 7) is 0. The third-order valence-electron chi connectivity index (χ3n) is 3.72. The van der Waals surface area contributed by atoms with Crippen LogP contribution in [0.2, 0.25) is 0 Å². The zero-order chi connectivity index (χ0) is 13.2. The van der Waals surface area contributed by atoms with Crippen LogP contribution >= 0.6 is 11.3 Å². The molecular weight excluding hydrogens is 260 g/mol. The van der Waals surface area contributed by atoms with Crippen LogP contribution in [-0.4, -0.2) is 24.2 Å². The molecule has 2 aromatic rings. The highest BCUT2D eigenvalue weighted by Gasteiger charge is 2.35. The molecule has 0 aliphatic heterocycles. The summed E-state index contributed by atoms with van der Waals surface area (Å²) >= 11 is 1.75. The van der Waals surface area contributed by atoms with Crippen molar-refractivity contribution in [3.8, 4) is 11.9 Å². The Hall–Kier alpha value is -1.62. The predicted octanol–water partition coefficient (Wildman–Crippen LogP) is 3.22. The Morgan fingerprint density at radius 1 is 1.16 bits per heavy atom. The Labute approximate surface area is 116 Å². The number of ether oxygens (including phenoxy) is 2. The van der Waals surface area contributed by atoms with E-state index in [9.17, 15) is 0 Å². The topological polar surface area (TPSA) is 44.2 Å². The number of aromatic nitrogens is 2. The molecule has 1 saturated carbocycles. The largest absolute Gasteiger partial charge is 0.481 e. The van der Waals surface area contributed by atoms with Crippen molar-refractivity contribution in [2.75, 3.05) is 14.2 Å². The lowest BCUT2D eigenvalue weighted by atomic mass is 9.69. The van der Waals surface area contributed by atoms with Gasteiger partial charge in [0.15, 0.2) is 0 Å². The SMILES string of the molecule is COc1cc([C@H]2CCC2c2ccsc2)nc(OC)n1. The fourth-order valence-corrected chi connectivity index (χ4v) is 3.27. The Balaban J connectivity index is 1.89. The summed E-state index contributed by atoms with van der Waals surface area (Å²) in [5, 5.41) is 4.36. The van der Waals surface area contributed by atoms with Crippen molar-refractivity contribution in [2.24, 2.45) is 0 Å². The summed E-state index contributed by atoms with van der Waals surface area (Å²) in [7, 11) is 3.19. The first kappa shape index (κ1) is 12.4. The van der Waals surface area contributed by atoms with E-state index in [0.717, 1.165) is 12.1 Å². The first-order valence-corrected chi connectivity index (χ1v) is 7.25. The minimum absolute atomic E-state index is 0.380. The highest BCUT2D eigenvalue weighted by atomic mass is 32.1. The van der Waals surface area contributed by atoms with Gasteiger partial charge in [-0.2, -0.15) is 21.3 Å². The van der Waals surface area contributed by atoms with Crippen molar-refractivity contribution in [3.05, 3.63) is 34.2 Å². The van der Waals surface area contributed by atoms with Crippen molar-refractivity contribution in [1.29, 1.82) is 0 Å². The van der Waals surface area contributed by atoms with Crippen molar-refractivity contribution < 1.29 is 9.47 Å². The maximum Gasteiger partial charge on any atom is 0.319 e. The van der Waals surface area contributed by atoms with Gasteiger partial charge in [-0.05, 0) is 41.1 Å². The van der Waals surface area contributed by atoms with Crippen molar-refractivity contribution in [2.45, 2.75) is 24.7 Å². The third-order valence-corrected chi connectivity index (χ3v) is 4.42. The van der Waals surface area contributed by atoms with Crippen LogP contribution in [0.25, 0.3) is 0 Å². The van der Waals surface area contributed by atoms with Gasteiger partial charge >= 0.3 is 6.01 Å². The molecule has 0 radical (unpaired) electrons. The molecule has 0 spiro atoms. The van der Waals surface area contributed by atoms with Crippen LogP contribution in [0.3, 0.4) is 0 Å². The second kappa shape index (κ2) is 5.17. The zero-order valence-electron chi connectivity index (χ0n) is 11.0. The quantitative estimate of drug-likeness (QED) is 0.860. The number of methoxy groups -OCH3 is 2. The van der Waals surface area contributed by atoms with Crippen molar-refractivity contribution >= 4 is 11.3 Å². The van der Waals surface area contributed by atoms with E-state index in [2.05, 4.69) is 26.8 Å². The first-order valence-electron chi connectivity index (χ1n) is 6.31. The van der Waals surface area contributed by atoms with E-state index in [1.165, 1.54) is 12.0 Å². The molecule has 0 amide bonds.